The number of para-hydroxylation sites is 2. The summed E-state index contributed by atoms with van der Waals surface area (Å²) in [6.45, 7) is 2.26. The van der Waals surface area contributed by atoms with Crippen molar-refractivity contribution in [3.63, 3.8) is 0 Å². The number of benzene rings is 3. The highest BCUT2D eigenvalue weighted by molar-refractivity contribution is 7.99. The lowest BCUT2D eigenvalue weighted by molar-refractivity contribution is -0.122. The van der Waals surface area contributed by atoms with Gasteiger partial charge in [-0.1, -0.05) is 36.0 Å². The molecule has 7 heteroatoms. The van der Waals surface area contributed by atoms with Crippen molar-refractivity contribution in [2.75, 3.05) is 22.1 Å². The van der Waals surface area contributed by atoms with Crippen LogP contribution in [0, 0.1) is 0 Å². The molecular formula is C24H21N3O3S. The molecule has 1 unspecified atom stereocenters. The van der Waals surface area contributed by atoms with Crippen LogP contribution in [0.5, 0.6) is 5.75 Å². The van der Waals surface area contributed by atoms with Gasteiger partial charge in [0, 0.05) is 28.4 Å². The number of hydrogen-bond acceptors (Lipinski definition) is 5. The van der Waals surface area contributed by atoms with Gasteiger partial charge in [-0.25, -0.2) is 0 Å². The van der Waals surface area contributed by atoms with Gasteiger partial charge < -0.3 is 20.3 Å². The number of fused-ring (bicyclic) bond motifs is 3. The van der Waals surface area contributed by atoms with E-state index < -0.39 is 6.10 Å². The van der Waals surface area contributed by atoms with Gasteiger partial charge in [0.25, 0.3) is 5.91 Å². The van der Waals surface area contributed by atoms with Crippen LogP contribution >= 0.6 is 11.8 Å². The van der Waals surface area contributed by atoms with Crippen LogP contribution in [0.3, 0.4) is 0 Å². The Kier molecular flexibility index (Phi) is 5.03. The normalized spacial score (nSPS) is 16.4. The zero-order chi connectivity index (χ0) is 21.4. The fraction of sp³-hybridized carbons (Fsp3) is 0.167. The van der Waals surface area contributed by atoms with Gasteiger partial charge in [0.1, 0.15) is 5.75 Å². The van der Waals surface area contributed by atoms with Crippen LogP contribution in [0.1, 0.15) is 13.3 Å². The molecule has 2 heterocycles. The lowest BCUT2D eigenvalue weighted by Crippen LogP contribution is -2.34. The van der Waals surface area contributed by atoms with Gasteiger partial charge in [-0.2, -0.15) is 0 Å². The second-order valence-corrected chi connectivity index (χ2v) is 8.53. The van der Waals surface area contributed by atoms with Crippen molar-refractivity contribution in [3.05, 3.63) is 66.7 Å². The summed E-state index contributed by atoms with van der Waals surface area (Å²) in [5, 5.41) is 5.73. The van der Waals surface area contributed by atoms with Crippen LogP contribution in [-0.4, -0.2) is 24.5 Å². The first kappa shape index (κ1) is 19.5. The number of hydrogen-bond donors (Lipinski definition) is 2. The SMILES string of the molecule is CC1Oc2ccc(NC(=O)CCN3c4ccccc4Sc4ccccc43)cc2NC1=O. The summed E-state index contributed by atoms with van der Waals surface area (Å²) < 4.78 is 5.56. The molecule has 0 bridgehead atoms. The molecule has 1 atom stereocenters. The summed E-state index contributed by atoms with van der Waals surface area (Å²) in [5.74, 6) is 0.310. The van der Waals surface area contributed by atoms with Crippen LogP contribution in [0.15, 0.2) is 76.5 Å². The summed E-state index contributed by atoms with van der Waals surface area (Å²) in [6, 6.07) is 21.7. The molecule has 0 aromatic heterocycles. The zero-order valence-corrected chi connectivity index (χ0v) is 17.7. The van der Waals surface area contributed by atoms with E-state index in [1.165, 1.54) is 9.79 Å². The van der Waals surface area contributed by atoms with E-state index >= 15 is 0 Å². The monoisotopic (exact) mass is 431 g/mol. The summed E-state index contributed by atoms with van der Waals surface area (Å²) in [7, 11) is 0. The van der Waals surface area contributed by atoms with E-state index in [2.05, 4.69) is 39.8 Å². The maximum Gasteiger partial charge on any atom is 0.265 e. The van der Waals surface area contributed by atoms with E-state index in [0.717, 1.165) is 11.4 Å². The number of rotatable bonds is 4. The molecular weight excluding hydrogens is 410 g/mol. The minimum Gasteiger partial charge on any atom is -0.479 e. The quantitative estimate of drug-likeness (QED) is 0.606. The highest BCUT2D eigenvalue weighted by Gasteiger charge is 2.25. The second-order valence-electron chi connectivity index (χ2n) is 7.45. The maximum absolute atomic E-state index is 12.7. The first-order valence-corrected chi connectivity index (χ1v) is 10.9. The fourth-order valence-electron chi connectivity index (χ4n) is 3.75. The Hall–Kier alpha value is -3.45. The van der Waals surface area contributed by atoms with Crippen LogP contribution in [0.4, 0.5) is 22.7 Å². The van der Waals surface area contributed by atoms with Crippen LogP contribution in [-0.2, 0) is 9.59 Å². The van der Waals surface area contributed by atoms with E-state index in [-0.39, 0.29) is 11.8 Å². The Labute approximate surface area is 184 Å². The molecule has 6 nitrogen and oxygen atoms in total. The Morgan fingerprint density at radius 1 is 1.06 bits per heavy atom. The summed E-state index contributed by atoms with van der Waals surface area (Å²) in [5.41, 5.74) is 3.41. The summed E-state index contributed by atoms with van der Waals surface area (Å²) in [4.78, 5) is 29.1. The predicted molar refractivity (Wildman–Crippen MR) is 122 cm³/mol. The van der Waals surface area contributed by atoms with Crippen molar-refractivity contribution in [2.24, 2.45) is 0 Å². The third-order valence-electron chi connectivity index (χ3n) is 5.29. The molecule has 3 aromatic carbocycles. The molecule has 156 valence electrons. The highest BCUT2D eigenvalue weighted by atomic mass is 32.2. The molecule has 0 fully saturated rings. The molecule has 0 aliphatic carbocycles. The van der Waals surface area contributed by atoms with Gasteiger partial charge in [0.05, 0.1) is 17.1 Å². The summed E-state index contributed by atoms with van der Waals surface area (Å²) in [6.07, 6.45) is -0.203. The van der Waals surface area contributed by atoms with Gasteiger partial charge in [0.15, 0.2) is 6.10 Å². The Bertz CT molecular complexity index is 1130. The lowest BCUT2D eigenvalue weighted by atomic mass is 10.2. The molecule has 5 rings (SSSR count). The smallest absolute Gasteiger partial charge is 0.265 e. The van der Waals surface area contributed by atoms with Gasteiger partial charge in [-0.05, 0) is 49.4 Å². The zero-order valence-electron chi connectivity index (χ0n) is 16.9. The number of amides is 2. The summed E-state index contributed by atoms with van der Waals surface area (Å²) >= 11 is 1.75. The minimum atomic E-state index is -0.526. The first-order valence-electron chi connectivity index (χ1n) is 10.1. The third kappa shape index (κ3) is 3.84. The van der Waals surface area contributed by atoms with Crippen LogP contribution in [0.25, 0.3) is 0 Å². The number of carbonyl (C=O) groups is 2. The highest BCUT2D eigenvalue weighted by Crippen LogP contribution is 2.47. The standard InChI is InChI=1S/C24H21N3O3S/c1-15-24(29)26-17-14-16(10-11-20(17)30-15)25-23(28)12-13-27-18-6-2-4-8-21(18)31-22-9-5-3-7-19(22)27/h2-11,14-15H,12-13H2,1H3,(H,25,28)(H,26,29). The number of nitrogens with zero attached hydrogens (tertiary/aromatic N) is 1. The Balaban J connectivity index is 1.30. The van der Waals surface area contributed by atoms with E-state index in [4.69, 9.17) is 4.74 Å². The molecule has 0 saturated heterocycles. The van der Waals surface area contributed by atoms with Crippen molar-refractivity contribution in [1.82, 2.24) is 0 Å². The molecule has 2 amide bonds. The average molecular weight is 432 g/mol. The number of anilines is 4. The van der Waals surface area contributed by atoms with Crippen molar-refractivity contribution in [2.45, 2.75) is 29.2 Å². The maximum atomic E-state index is 12.7. The number of carbonyl (C=O) groups excluding carboxylic acids is 2. The molecule has 2 aliphatic rings. The number of ether oxygens (including phenoxy) is 1. The van der Waals surface area contributed by atoms with Gasteiger partial charge in [0.2, 0.25) is 5.91 Å². The molecule has 3 aromatic rings. The first-order chi connectivity index (χ1) is 15.1. The topological polar surface area (TPSA) is 70.7 Å². The van der Waals surface area contributed by atoms with Gasteiger partial charge >= 0.3 is 0 Å². The van der Waals surface area contributed by atoms with Gasteiger partial charge in [-0.3, -0.25) is 9.59 Å². The molecule has 0 radical (unpaired) electrons. The van der Waals surface area contributed by atoms with Crippen molar-refractivity contribution < 1.29 is 14.3 Å². The molecule has 2 N–H and O–H groups in total. The van der Waals surface area contributed by atoms with Crippen molar-refractivity contribution >= 4 is 46.3 Å². The molecule has 0 spiro atoms. The van der Waals surface area contributed by atoms with E-state index in [9.17, 15) is 9.59 Å². The largest absolute Gasteiger partial charge is 0.479 e. The van der Waals surface area contributed by atoms with Crippen LogP contribution < -0.4 is 20.3 Å². The fourth-order valence-corrected chi connectivity index (χ4v) is 4.84. The Morgan fingerprint density at radius 2 is 1.74 bits per heavy atom. The van der Waals surface area contributed by atoms with E-state index in [0.29, 0.717) is 30.1 Å². The molecule has 0 saturated carbocycles. The lowest BCUT2D eigenvalue weighted by Gasteiger charge is -2.32. The van der Waals surface area contributed by atoms with E-state index in [1.807, 2.05) is 24.3 Å². The second kappa shape index (κ2) is 8.00. The predicted octanol–water partition coefficient (Wildman–Crippen LogP) is 5.04. The average Bonchev–Trinajstić information content (AvgIpc) is 2.77. The van der Waals surface area contributed by atoms with Gasteiger partial charge in [-0.15, -0.1) is 0 Å². The number of nitrogens with one attached hydrogen (secondary N) is 2. The molecule has 2 aliphatic heterocycles. The van der Waals surface area contributed by atoms with E-state index in [1.54, 1.807) is 36.9 Å². The minimum absolute atomic E-state index is 0.0930. The third-order valence-corrected chi connectivity index (χ3v) is 6.42. The Morgan fingerprint density at radius 3 is 2.45 bits per heavy atom. The van der Waals surface area contributed by atoms with Crippen molar-refractivity contribution in [1.29, 1.82) is 0 Å². The van der Waals surface area contributed by atoms with Crippen LogP contribution in [0.2, 0.25) is 0 Å². The molecule has 31 heavy (non-hydrogen) atoms. The van der Waals surface area contributed by atoms with Crippen molar-refractivity contribution in [3.8, 4) is 5.75 Å².